The molecule has 0 aliphatic carbocycles. The molecule has 0 bridgehead atoms. The Bertz CT molecular complexity index is 1250. The second-order valence-corrected chi connectivity index (χ2v) is 11.2. The lowest BCUT2D eigenvalue weighted by Crippen LogP contribution is -2.47. The van der Waals surface area contributed by atoms with Crippen LogP contribution in [0.3, 0.4) is 0 Å². The van der Waals surface area contributed by atoms with Gasteiger partial charge in [-0.1, -0.05) is 36.4 Å². The molecule has 2 aromatic carbocycles. The maximum atomic E-state index is 13.6. The van der Waals surface area contributed by atoms with Gasteiger partial charge in [0.1, 0.15) is 0 Å². The van der Waals surface area contributed by atoms with Crippen LogP contribution >= 0.6 is 11.3 Å². The van der Waals surface area contributed by atoms with E-state index in [0.29, 0.717) is 12.1 Å². The van der Waals surface area contributed by atoms with Crippen LogP contribution in [-0.2, 0) is 4.79 Å². The normalized spacial score (nSPS) is 20.1. The van der Waals surface area contributed by atoms with Crippen molar-refractivity contribution < 1.29 is 9.59 Å². The highest BCUT2D eigenvalue weighted by Gasteiger charge is 2.42. The van der Waals surface area contributed by atoms with Crippen LogP contribution in [0.5, 0.6) is 0 Å². The molecule has 1 saturated heterocycles. The van der Waals surface area contributed by atoms with Gasteiger partial charge in [-0.25, -0.2) is 0 Å². The summed E-state index contributed by atoms with van der Waals surface area (Å²) >= 11 is 1.59. The molecule has 2 aliphatic rings. The molecule has 2 amide bonds. The molecule has 1 aromatic heterocycles. The topological polar surface area (TPSA) is 55.9 Å². The first-order valence-electron chi connectivity index (χ1n) is 13.2. The SMILES string of the molecule is Cc1ccc(C)c(N2CCN(CCCNC(=O)[C@@H]3c4ccccc4C(=O)N(C)[C@@H]3c3cccs3)CC2)c1. The van der Waals surface area contributed by atoms with E-state index in [9.17, 15) is 9.59 Å². The predicted molar refractivity (Wildman–Crippen MR) is 151 cm³/mol. The van der Waals surface area contributed by atoms with Crippen molar-refractivity contribution in [2.24, 2.45) is 0 Å². The zero-order valence-electron chi connectivity index (χ0n) is 21.9. The molecule has 2 atom stereocenters. The molecule has 7 heteroatoms. The number of fused-ring (bicyclic) bond motifs is 1. The van der Waals surface area contributed by atoms with Crippen molar-refractivity contribution >= 4 is 28.8 Å². The Balaban J connectivity index is 1.17. The number of carbonyl (C=O) groups is 2. The summed E-state index contributed by atoms with van der Waals surface area (Å²) in [5.41, 5.74) is 5.43. The highest BCUT2D eigenvalue weighted by molar-refractivity contribution is 7.10. The van der Waals surface area contributed by atoms with E-state index in [4.69, 9.17) is 0 Å². The highest BCUT2D eigenvalue weighted by atomic mass is 32.1. The summed E-state index contributed by atoms with van der Waals surface area (Å²) in [4.78, 5) is 34.4. The van der Waals surface area contributed by atoms with Gasteiger partial charge >= 0.3 is 0 Å². The number of thiophene rings is 1. The fraction of sp³-hybridized carbons (Fsp3) is 0.400. The lowest BCUT2D eigenvalue weighted by molar-refractivity contribution is -0.124. The number of nitrogens with one attached hydrogen (secondary N) is 1. The van der Waals surface area contributed by atoms with Gasteiger partial charge in [0.15, 0.2) is 0 Å². The molecule has 3 aromatic rings. The number of carbonyl (C=O) groups excluding carboxylic acids is 2. The molecule has 0 unspecified atom stereocenters. The fourth-order valence-corrected chi connectivity index (χ4v) is 6.57. The number of nitrogens with zero attached hydrogens (tertiary/aromatic N) is 3. The van der Waals surface area contributed by atoms with Crippen molar-refractivity contribution in [3.05, 3.63) is 87.1 Å². The molecule has 6 nitrogen and oxygen atoms in total. The summed E-state index contributed by atoms with van der Waals surface area (Å²) in [7, 11) is 1.81. The second-order valence-electron chi connectivity index (χ2n) is 10.2. The lowest BCUT2D eigenvalue weighted by Gasteiger charge is -2.39. The Morgan fingerprint density at radius 1 is 1.03 bits per heavy atom. The van der Waals surface area contributed by atoms with Gasteiger partial charge < -0.3 is 15.1 Å². The van der Waals surface area contributed by atoms with E-state index in [0.717, 1.165) is 49.6 Å². The van der Waals surface area contributed by atoms with Crippen LogP contribution in [0.2, 0.25) is 0 Å². The molecule has 3 heterocycles. The summed E-state index contributed by atoms with van der Waals surface area (Å²) in [5, 5.41) is 5.20. The summed E-state index contributed by atoms with van der Waals surface area (Å²) in [6, 6.07) is 17.9. The largest absolute Gasteiger partial charge is 0.369 e. The number of rotatable bonds is 7. The molecule has 1 N–H and O–H groups in total. The maximum Gasteiger partial charge on any atom is 0.254 e. The Labute approximate surface area is 223 Å². The van der Waals surface area contributed by atoms with E-state index in [-0.39, 0.29) is 17.9 Å². The first-order chi connectivity index (χ1) is 17.9. The summed E-state index contributed by atoms with van der Waals surface area (Å²) < 4.78 is 0. The molecule has 0 saturated carbocycles. The molecular formula is C30H36N4O2S. The van der Waals surface area contributed by atoms with Crippen LogP contribution in [0, 0.1) is 13.8 Å². The van der Waals surface area contributed by atoms with E-state index >= 15 is 0 Å². The number of anilines is 1. The number of hydrogen-bond donors (Lipinski definition) is 1. The van der Waals surface area contributed by atoms with Crippen LogP contribution in [0.15, 0.2) is 60.0 Å². The summed E-state index contributed by atoms with van der Waals surface area (Å²) in [5.74, 6) is -0.457. The minimum atomic E-state index is -0.418. The standard InChI is InChI=1S/C30H36N4O2S/c1-21-11-12-22(2)25(20-21)34-17-15-33(16-18-34)14-7-13-31-29(35)27-23-8-4-5-9-24(23)30(36)32(3)28(27)26-10-6-19-37-26/h4-6,8-12,19-20,27-28H,7,13-18H2,1-3H3,(H,31,35)/t27-,28-/m1/s1. The zero-order chi connectivity index (χ0) is 25.9. The van der Waals surface area contributed by atoms with Crippen molar-refractivity contribution in [1.29, 1.82) is 0 Å². The predicted octanol–water partition coefficient (Wildman–Crippen LogP) is 4.60. The average molecular weight is 517 g/mol. The van der Waals surface area contributed by atoms with Gasteiger partial charge in [0.2, 0.25) is 5.91 Å². The van der Waals surface area contributed by atoms with Gasteiger partial charge in [0, 0.05) is 55.9 Å². The average Bonchev–Trinajstić information content (AvgIpc) is 3.45. The van der Waals surface area contributed by atoms with Crippen molar-refractivity contribution in [1.82, 2.24) is 15.1 Å². The monoisotopic (exact) mass is 516 g/mol. The van der Waals surface area contributed by atoms with E-state index in [1.165, 1.54) is 16.8 Å². The molecular weight excluding hydrogens is 480 g/mol. The Morgan fingerprint density at radius 2 is 1.81 bits per heavy atom. The van der Waals surface area contributed by atoms with Crippen LogP contribution in [0.1, 0.15) is 50.3 Å². The number of amides is 2. The fourth-order valence-electron chi connectivity index (χ4n) is 5.67. The molecule has 0 spiro atoms. The smallest absolute Gasteiger partial charge is 0.254 e. The number of hydrogen-bond acceptors (Lipinski definition) is 5. The maximum absolute atomic E-state index is 13.6. The van der Waals surface area contributed by atoms with E-state index < -0.39 is 5.92 Å². The van der Waals surface area contributed by atoms with Gasteiger partial charge in [-0.05, 0) is 67.1 Å². The summed E-state index contributed by atoms with van der Waals surface area (Å²) in [6.45, 7) is 10.0. The van der Waals surface area contributed by atoms with Crippen LogP contribution in [-0.4, -0.2) is 67.9 Å². The van der Waals surface area contributed by atoms with Crippen LogP contribution in [0.4, 0.5) is 5.69 Å². The molecule has 2 aliphatic heterocycles. The Morgan fingerprint density at radius 3 is 2.57 bits per heavy atom. The van der Waals surface area contributed by atoms with E-state index in [1.807, 2.05) is 41.8 Å². The Hall–Kier alpha value is -3.16. The third-order valence-corrected chi connectivity index (χ3v) is 8.67. The first-order valence-corrected chi connectivity index (χ1v) is 14.0. The van der Waals surface area contributed by atoms with Gasteiger partial charge in [-0.3, -0.25) is 14.5 Å². The highest BCUT2D eigenvalue weighted by Crippen LogP contribution is 2.43. The van der Waals surface area contributed by atoms with Crippen molar-refractivity contribution in [2.45, 2.75) is 32.2 Å². The van der Waals surface area contributed by atoms with E-state index in [1.54, 1.807) is 23.3 Å². The van der Waals surface area contributed by atoms with Crippen molar-refractivity contribution in [3.63, 3.8) is 0 Å². The summed E-state index contributed by atoms with van der Waals surface area (Å²) in [6.07, 6.45) is 0.905. The quantitative estimate of drug-likeness (QED) is 0.466. The lowest BCUT2D eigenvalue weighted by atomic mass is 9.81. The van der Waals surface area contributed by atoms with E-state index in [2.05, 4.69) is 47.2 Å². The van der Waals surface area contributed by atoms with Crippen molar-refractivity contribution in [3.8, 4) is 0 Å². The van der Waals surface area contributed by atoms with Crippen LogP contribution in [0.25, 0.3) is 0 Å². The van der Waals surface area contributed by atoms with Gasteiger partial charge in [-0.15, -0.1) is 11.3 Å². The molecule has 1 fully saturated rings. The van der Waals surface area contributed by atoms with Crippen molar-refractivity contribution in [2.75, 3.05) is 51.2 Å². The van der Waals surface area contributed by atoms with Crippen LogP contribution < -0.4 is 10.2 Å². The zero-order valence-corrected chi connectivity index (χ0v) is 22.8. The number of benzene rings is 2. The third kappa shape index (κ3) is 5.29. The van der Waals surface area contributed by atoms with Gasteiger partial charge in [-0.2, -0.15) is 0 Å². The first kappa shape index (κ1) is 25.5. The Kier molecular flexibility index (Phi) is 7.63. The molecule has 5 rings (SSSR count). The minimum Gasteiger partial charge on any atom is -0.369 e. The molecule has 194 valence electrons. The number of aryl methyl sites for hydroxylation is 2. The third-order valence-electron chi connectivity index (χ3n) is 7.72. The number of piperazine rings is 1. The number of likely N-dealkylation sites (N-methyl/N-ethyl adjacent to an activating group) is 1. The second kappa shape index (κ2) is 11.1. The minimum absolute atomic E-state index is 0.00931. The molecule has 37 heavy (non-hydrogen) atoms. The van der Waals surface area contributed by atoms with Gasteiger partial charge in [0.25, 0.3) is 5.91 Å². The van der Waals surface area contributed by atoms with Gasteiger partial charge in [0.05, 0.1) is 12.0 Å². The molecule has 0 radical (unpaired) electrons.